The standard InChI is InChI=1S/C17H22N4O9/c1-2-6-3-20(9(6)16(27)28)14(26)8(18)12-10(23)11(24)15(30-12)21-4-7(5-22)13(25)19-17(21)29/h2,4,8-12,15,22-24H,3,5,18H2,1H3,(H,27,28)(H,19,25,29). The summed E-state index contributed by atoms with van der Waals surface area (Å²) in [7, 11) is 0. The number of aromatic nitrogens is 2. The molecule has 1 aromatic heterocycles. The quantitative estimate of drug-likeness (QED) is 0.253. The summed E-state index contributed by atoms with van der Waals surface area (Å²) < 4.78 is 6.23. The molecule has 13 heteroatoms. The highest BCUT2D eigenvalue weighted by Gasteiger charge is 2.51. The SMILES string of the molecule is CC=C1CN(C(=O)C(N)C2OC(n3cc(CO)c(=O)[nH]c3=O)C(O)C2O)C1C(=O)O. The first-order valence-electron chi connectivity index (χ1n) is 9.03. The number of hydrogen-bond donors (Lipinski definition) is 6. The zero-order chi connectivity index (χ0) is 22.3. The lowest BCUT2D eigenvalue weighted by Gasteiger charge is -2.42. The molecule has 0 bridgehead atoms. The number of aromatic amines is 1. The van der Waals surface area contributed by atoms with Gasteiger partial charge in [-0.2, -0.15) is 0 Å². The lowest BCUT2D eigenvalue weighted by atomic mass is 9.92. The second-order valence-electron chi connectivity index (χ2n) is 7.05. The summed E-state index contributed by atoms with van der Waals surface area (Å²) in [5.41, 5.74) is 4.44. The number of carbonyl (C=O) groups excluding carboxylic acids is 1. The van der Waals surface area contributed by atoms with E-state index in [-0.39, 0.29) is 12.1 Å². The predicted molar refractivity (Wildman–Crippen MR) is 98.0 cm³/mol. The molecule has 3 heterocycles. The zero-order valence-corrected chi connectivity index (χ0v) is 15.8. The maximum absolute atomic E-state index is 12.7. The summed E-state index contributed by atoms with van der Waals surface area (Å²) in [5.74, 6) is -2.05. The number of nitrogens with two attached hydrogens (primary N) is 1. The highest BCUT2D eigenvalue weighted by molar-refractivity contribution is 5.92. The van der Waals surface area contributed by atoms with Crippen LogP contribution in [0.2, 0.25) is 0 Å². The van der Waals surface area contributed by atoms with E-state index in [1.54, 1.807) is 13.0 Å². The second-order valence-corrected chi connectivity index (χ2v) is 7.05. The van der Waals surface area contributed by atoms with Gasteiger partial charge < -0.3 is 35.8 Å². The van der Waals surface area contributed by atoms with Crippen LogP contribution in [0.3, 0.4) is 0 Å². The van der Waals surface area contributed by atoms with E-state index in [9.17, 15) is 39.6 Å². The van der Waals surface area contributed by atoms with E-state index in [4.69, 9.17) is 10.5 Å². The van der Waals surface area contributed by atoms with Crippen molar-refractivity contribution < 1.29 is 34.8 Å². The minimum atomic E-state index is -1.69. The van der Waals surface area contributed by atoms with Crippen molar-refractivity contribution in [2.75, 3.05) is 6.54 Å². The fourth-order valence-electron chi connectivity index (χ4n) is 3.58. The van der Waals surface area contributed by atoms with Crippen LogP contribution in [0.1, 0.15) is 18.7 Å². The normalized spacial score (nSPS) is 30.9. The molecule has 0 aliphatic carbocycles. The van der Waals surface area contributed by atoms with Crippen LogP contribution in [0.15, 0.2) is 27.4 Å². The van der Waals surface area contributed by atoms with E-state index in [0.717, 1.165) is 15.7 Å². The lowest BCUT2D eigenvalue weighted by Crippen LogP contribution is -2.63. The molecule has 0 aromatic carbocycles. The fourth-order valence-corrected chi connectivity index (χ4v) is 3.58. The van der Waals surface area contributed by atoms with Crippen LogP contribution in [0.25, 0.3) is 0 Å². The van der Waals surface area contributed by atoms with Crippen LogP contribution in [0.4, 0.5) is 0 Å². The van der Waals surface area contributed by atoms with Crippen LogP contribution < -0.4 is 17.0 Å². The Balaban J connectivity index is 1.83. The number of nitrogens with one attached hydrogen (secondary N) is 1. The van der Waals surface area contributed by atoms with E-state index in [1.807, 2.05) is 4.98 Å². The van der Waals surface area contributed by atoms with Crippen molar-refractivity contribution in [3.63, 3.8) is 0 Å². The molecular formula is C17H22N4O9. The molecule has 2 aliphatic heterocycles. The summed E-state index contributed by atoms with van der Waals surface area (Å²) in [4.78, 5) is 50.7. The molecule has 6 atom stereocenters. The van der Waals surface area contributed by atoms with Gasteiger partial charge in [-0.25, -0.2) is 9.59 Å². The maximum atomic E-state index is 12.7. The number of hydrogen-bond acceptors (Lipinski definition) is 9. The average Bonchev–Trinajstić information content (AvgIpc) is 2.95. The van der Waals surface area contributed by atoms with Gasteiger partial charge in [0.25, 0.3) is 5.56 Å². The molecule has 13 nitrogen and oxygen atoms in total. The summed E-state index contributed by atoms with van der Waals surface area (Å²) >= 11 is 0. The molecule has 2 aliphatic rings. The molecule has 0 spiro atoms. The van der Waals surface area contributed by atoms with Gasteiger partial charge in [-0.15, -0.1) is 0 Å². The van der Waals surface area contributed by atoms with Gasteiger partial charge in [0.2, 0.25) is 5.91 Å². The molecule has 1 aromatic rings. The van der Waals surface area contributed by atoms with Crippen molar-refractivity contribution in [2.45, 2.75) is 50.2 Å². The van der Waals surface area contributed by atoms with Gasteiger partial charge >= 0.3 is 11.7 Å². The van der Waals surface area contributed by atoms with Gasteiger partial charge in [-0.3, -0.25) is 19.1 Å². The number of carboxylic acids is 1. The Morgan fingerprint density at radius 1 is 1.37 bits per heavy atom. The Morgan fingerprint density at radius 2 is 2.03 bits per heavy atom. The summed E-state index contributed by atoms with van der Waals surface area (Å²) in [6, 6.07) is -2.71. The number of aliphatic carboxylic acids is 1. The van der Waals surface area contributed by atoms with Gasteiger partial charge in [0.05, 0.1) is 12.2 Å². The lowest BCUT2D eigenvalue weighted by molar-refractivity contribution is -0.155. The van der Waals surface area contributed by atoms with Crippen molar-refractivity contribution in [1.29, 1.82) is 0 Å². The van der Waals surface area contributed by atoms with Gasteiger partial charge in [0.1, 0.15) is 24.4 Å². The minimum Gasteiger partial charge on any atom is -0.479 e. The van der Waals surface area contributed by atoms with Crippen LogP contribution in [0.5, 0.6) is 0 Å². The van der Waals surface area contributed by atoms with Crippen LogP contribution in [0, 0.1) is 0 Å². The van der Waals surface area contributed by atoms with Crippen molar-refractivity contribution >= 4 is 11.9 Å². The third kappa shape index (κ3) is 3.46. The Hall–Kier alpha value is -2.84. The number of likely N-dealkylation sites (tertiary alicyclic amines) is 1. The van der Waals surface area contributed by atoms with Crippen molar-refractivity contribution in [1.82, 2.24) is 14.5 Å². The highest BCUT2D eigenvalue weighted by atomic mass is 16.6. The number of carbonyl (C=O) groups is 2. The number of nitrogens with zero attached hydrogens (tertiary/aromatic N) is 2. The molecule has 3 rings (SSSR count). The third-order valence-corrected chi connectivity index (χ3v) is 5.30. The molecule has 0 radical (unpaired) electrons. The zero-order valence-electron chi connectivity index (χ0n) is 15.8. The van der Waals surface area contributed by atoms with E-state index in [2.05, 4.69) is 0 Å². The number of ether oxygens (including phenoxy) is 1. The highest BCUT2D eigenvalue weighted by Crippen LogP contribution is 2.32. The first-order valence-corrected chi connectivity index (χ1v) is 9.03. The molecular weight excluding hydrogens is 404 g/mol. The van der Waals surface area contributed by atoms with Crippen molar-refractivity contribution in [2.24, 2.45) is 5.73 Å². The predicted octanol–water partition coefficient (Wildman–Crippen LogP) is -3.78. The van der Waals surface area contributed by atoms with Crippen LogP contribution >= 0.6 is 0 Å². The second kappa shape index (κ2) is 8.12. The number of rotatable bonds is 5. The Labute approximate surface area is 168 Å². The van der Waals surface area contributed by atoms with E-state index in [1.165, 1.54) is 0 Å². The van der Waals surface area contributed by atoms with E-state index >= 15 is 0 Å². The Kier molecular flexibility index (Phi) is 5.92. The largest absolute Gasteiger partial charge is 0.479 e. The maximum Gasteiger partial charge on any atom is 0.330 e. The molecule has 164 valence electrons. The van der Waals surface area contributed by atoms with Crippen molar-refractivity contribution in [3.05, 3.63) is 44.2 Å². The summed E-state index contributed by atoms with van der Waals surface area (Å²) in [6.45, 7) is 0.996. The minimum absolute atomic E-state index is 0.0496. The molecule has 0 saturated carbocycles. The molecule has 1 amide bonds. The molecule has 2 fully saturated rings. The van der Waals surface area contributed by atoms with Gasteiger partial charge in [0.15, 0.2) is 12.3 Å². The van der Waals surface area contributed by atoms with Crippen LogP contribution in [-0.2, 0) is 20.9 Å². The number of carboxylic acid groups (broad SMARTS) is 1. The number of aliphatic hydroxyl groups excluding tert-OH is 3. The number of aliphatic hydroxyl groups is 3. The van der Waals surface area contributed by atoms with Gasteiger partial charge in [-0.1, -0.05) is 6.08 Å². The van der Waals surface area contributed by atoms with Crippen molar-refractivity contribution in [3.8, 4) is 0 Å². The fraction of sp³-hybridized carbons (Fsp3) is 0.529. The van der Waals surface area contributed by atoms with Gasteiger partial charge in [0, 0.05) is 12.7 Å². The van der Waals surface area contributed by atoms with Gasteiger partial charge in [-0.05, 0) is 12.5 Å². The molecule has 30 heavy (non-hydrogen) atoms. The third-order valence-electron chi connectivity index (χ3n) is 5.30. The summed E-state index contributed by atoms with van der Waals surface area (Å²) in [5, 5.41) is 39.2. The summed E-state index contributed by atoms with van der Waals surface area (Å²) in [6.07, 6.45) is -3.80. The molecule has 2 saturated heterocycles. The first kappa shape index (κ1) is 21.9. The Morgan fingerprint density at radius 3 is 2.60 bits per heavy atom. The van der Waals surface area contributed by atoms with E-state index in [0.29, 0.717) is 5.57 Å². The number of amides is 1. The average molecular weight is 426 g/mol. The number of H-pyrrole nitrogens is 1. The first-order chi connectivity index (χ1) is 14.1. The van der Waals surface area contributed by atoms with Crippen LogP contribution in [-0.4, -0.2) is 83.7 Å². The monoisotopic (exact) mass is 426 g/mol. The molecule has 7 N–H and O–H groups in total. The topological polar surface area (TPSA) is 208 Å². The molecule has 6 unspecified atom stereocenters. The van der Waals surface area contributed by atoms with E-state index < -0.39 is 66.4 Å². The number of allylic oxidation sites excluding steroid dienone is 1. The Bertz CT molecular complexity index is 1000. The smallest absolute Gasteiger partial charge is 0.330 e.